The van der Waals surface area contributed by atoms with E-state index in [0.717, 1.165) is 23.3 Å². The van der Waals surface area contributed by atoms with E-state index in [1.54, 1.807) is 31.1 Å². The molecule has 6 nitrogen and oxygen atoms in total. The largest absolute Gasteiger partial charge is 0.497 e. The number of halogens is 1. The van der Waals surface area contributed by atoms with Crippen LogP contribution in [0.5, 0.6) is 5.75 Å². The SMILES string of the molecule is CCc1ccc(CN(CC2CNNC2c2ccc(OC)cc2)C(=O)Nc2ccc(C)c(F)c2)cc1. The van der Waals surface area contributed by atoms with Gasteiger partial charge in [-0.1, -0.05) is 49.4 Å². The Morgan fingerprint density at radius 2 is 1.80 bits per heavy atom. The Kier molecular flexibility index (Phi) is 8.00. The van der Waals surface area contributed by atoms with Gasteiger partial charge >= 0.3 is 6.03 Å². The topological polar surface area (TPSA) is 65.6 Å². The number of ether oxygens (including phenoxy) is 1. The third-order valence-electron chi connectivity index (χ3n) is 6.54. The lowest BCUT2D eigenvalue weighted by molar-refractivity contribution is 0.196. The molecule has 3 N–H and O–H groups in total. The van der Waals surface area contributed by atoms with E-state index < -0.39 is 0 Å². The summed E-state index contributed by atoms with van der Waals surface area (Å²) in [6, 6.07) is 20.8. The van der Waals surface area contributed by atoms with Crippen molar-refractivity contribution in [1.82, 2.24) is 15.8 Å². The zero-order valence-corrected chi connectivity index (χ0v) is 20.5. The zero-order chi connectivity index (χ0) is 24.8. The molecule has 1 aliphatic heterocycles. The minimum absolute atomic E-state index is 0.0375. The molecule has 1 fully saturated rings. The number of urea groups is 1. The second-order valence-electron chi connectivity index (χ2n) is 8.98. The number of benzene rings is 3. The molecule has 3 aromatic carbocycles. The minimum Gasteiger partial charge on any atom is -0.497 e. The predicted molar refractivity (Wildman–Crippen MR) is 137 cm³/mol. The van der Waals surface area contributed by atoms with Crippen molar-refractivity contribution in [2.24, 2.45) is 5.92 Å². The van der Waals surface area contributed by atoms with Crippen LogP contribution in [0.25, 0.3) is 0 Å². The van der Waals surface area contributed by atoms with Crippen molar-refractivity contribution in [3.05, 3.63) is 94.8 Å². The first-order valence-corrected chi connectivity index (χ1v) is 12.0. The Morgan fingerprint density at radius 1 is 1.09 bits per heavy atom. The van der Waals surface area contributed by atoms with Crippen LogP contribution in [0.3, 0.4) is 0 Å². The lowest BCUT2D eigenvalue weighted by Crippen LogP contribution is -2.39. The molecule has 1 heterocycles. The Labute approximate surface area is 206 Å². The zero-order valence-electron chi connectivity index (χ0n) is 20.5. The quantitative estimate of drug-likeness (QED) is 0.418. The number of rotatable bonds is 8. The van der Waals surface area contributed by atoms with Gasteiger partial charge < -0.3 is 15.0 Å². The normalized spacial score (nSPS) is 17.3. The van der Waals surface area contributed by atoms with E-state index in [9.17, 15) is 9.18 Å². The highest BCUT2D eigenvalue weighted by molar-refractivity contribution is 5.89. The summed E-state index contributed by atoms with van der Waals surface area (Å²) in [4.78, 5) is 15.2. The number of nitrogens with zero attached hydrogens (tertiary/aromatic N) is 1. The summed E-state index contributed by atoms with van der Waals surface area (Å²) >= 11 is 0. The summed E-state index contributed by atoms with van der Waals surface area (Å²) in [5.41, 5.74) is 11.0. The standard InChI is InChI=1S/C28H33FN4O2/c1-4-20-6-8-21(9-7-20)17-33(28(34)31-24-12-5-19(2)26(29)15-24)18-23-16-30-32-27(23)22-10-13-25(35-3)14-11-22/h5-15,23,27,30,32H,4,16-18H2,1-3H3,(H,31,34). The van der Waals surface area contributed by atoms with Crippen molar-refractivity contribution < 1.29 is 13.9 Å². The number of hydrogen-bond donors (Lipinski definition) is 3. The highest BCUT2D eigenvalue weighted by Gasteiger charge is 2.31. The van der Waals surface area contributed by atoms with Gasteiger partial charge in [0.05, 0.1) is 13.2 Å². The fraction of sp³-hybridized carbons (Fsp3) is 0.321. The second kappa shape index (κ2) is 11.3. The number of amides is 2. The van der Waals surface area contributed by atoms with Crippen LogP contribution < -0.4 is 20.9 Å². The molecule has 0 spiro atoms. The highest BCUT2D eigenvalue weighted by atomic mass is 19.1. The fourth-order valence-corrected chi connectivity index (χ4v) is 4.35. The van der Waals surface area contributed by atoms with E-state index in [1.807, 2.05) is 24.3 Å². The Bertz CT molecular complexity index is 1130. The first kappa shape index (κ1) is 24.7. The van der Waals surface area contributed by atoms with Gasteiger partial charge in [0, 0.05) is 31.2 Å². The molecule has 0 bridgehead atoms. The van der Waals surface area contributed by atoms with E-state index in [2.05, 4.69) is 47.4 Å². The average Bonchev–Trinajstić information content (AvgIpc) is 3.34. The molecule has 2 unspecified atom stereocenters. The molecule has 0 aliphatic carbocycles. The molecular weight excluding hydrogens is 443 g/mol. The van der Waals surface area contributed by atoms with Crippen LogP contribution in [-0.2, 0) is 13.0 Å². The minimum atomic E-state index is -0.340. The first-order valence-electron chi connectivity index (χ1n) is 12.0. The smallest absolute Gasteiger partial charge is 0.322 e. The number of nitrogens with one attached hydrogen (secondary N) is 3. The maximum absolute atomic E-state index is 14.1. The monoisotopic (exact) mass is 476 g/mol. The predicted octanol–water partition coefficient (Wildman–Crippen LogP) is 5.20. The molecule has 1 saturated heterocycles. The van der Waals surface area contributed by atoms with Gasteiger partial charge in [-0.2, -0.15) is 0 Å². The number of hydrogen-bond acceptors (Lipinski definition) is 4. The number of carbonyl (C=O) groups is 1. The third-order valence-corrected chi connectivity index (χ3v) is 6.54. The van der Waals surface area contributed by atoms with Crippen LogP contribution in [0.1, 0.15) is 35.2 Å². The third kappa shape index (κ3) is 6.18. The number of anilines is 1. The molecule has 3 aromatic rings. The van der Waals surface area contributed by atoms with Crippen molar-refractivity contribution in [2.45, 2.75) is 32.9 Å². The lowest BCUT2D eigenvalue weighted by Gasteiger charge is -2.29. The van der Waals surface area contributed by atoms with Crippen LogP contribution in [0.15, 0.2) is 66.7 Å². The van der Waals surface area contributed by atoms with Gasteiger partial charge in [0.1, 0.15) is 11.6 Å². The van der Waals surface area contributed by atoms with Gasteiger partial charge in [-0.15, -0.1) is 0 Å². The van der Waals surface area contributed by atoms with E-state index in [0.29, 0.717) is 30.9 Å². The molecule has 0 radical (unpaired) electrons. The van der Waals surface area contributed by atoms with Crippen molar-refractivity contribution >= 4 is 11.7 Å². The van der Waals surface area contributed by atoms with Crippen LogP contribution in [0, 0.1) is 18.7 Å². The molecule has 35 heavy (non-hydrogen) atoms. The Balaban J connectivity index is 1.54. The second-order valence-corrected chi connectivity index (χ2v) is 8.98. The van der Waals surface area contributed by atoms with Crippen LogP contribution in [0.4, 0.5) is 14.9 Å². The molecule has 1 aliphatic rings. The summed E-state index contributed by atoms with van der Waals surface area (Å²) in [6.07, 6.45) is 0.965. The Hall–Kier alpha value is -3.42. The molecule has 2 amide bonds. The van der Waals surface area contributed by atoms with Crippen LogP contribution in [-0.4, -0.2) is 31.1 Å². The Morgan fingerprint density at radius 3 is 2.46 bits per heavy atom. The van der Waals surface area contributed by atoms with E-state index in [1.165, 1.54) is 11.6 Å². The molecule has 184 valence electrons. The molecule has 7 heteroatoms. The number of hydrazine groups is 1. The van der Waals surface area contributed by atoms with Crippen LogP contribution in [0.2, 0.25) is 0 Å². The van der Waals surface area contributed by atoms with Crippen molar-refractivity contribution in [2.75, 3.05) is 25.5 Å². The van der Waals surface area contributed by atoms with Crippen molar-refractivity contribution in [3.63, 3.8) is 0 Å². The van der Waals surface area contributed by atoms with E-state index >= 15 is 0 Å². The summed E-state index contributed by atoms with van der Waals surface area (Å²) in [5, 5.41) is 2.89. The average molecular weight is 477 g/mol. The van der Waals surface area contributed by atoms with Gasteiger partial charge in [0.2, 0.25) is 0 Å². The molecule has 2 atom stereocenters. The number of carbonyl (C=O) groups excluding carboxylic acids is 1. The van der Waals surface area contributed by atoms with Gasteiger partial charge in [-0.05, 0) is 59.9 Å². The highest BCUT2D eigenvalue weighted by Crippen LogP contribution is 2.28. The van der Waals surface area contributed by atoms with E-state index in [-0.39, 0.29) is 23.8 Å². The lowest BCUT2D eigenvalue weighted by atomic mass is 9.94. The summed E-state index contributed by atoms with van der Waals surface area (Å²) in [5.74, 6) is 0.602. The maximum Gasteiger partial charge on any atom is 0.322 e. The van der Waals surface area contributed by atoms with Gasteiger partial charge in [0.25, 0.3) is 0 Å². The van der Waals surface area contributed by atoms with Gasteiger partial charge in [-0.3, -0.25) is 5.43 Å². The molecule has 4 rings (SSSR count). The van der Waals surface area contributed by atoms with Crippen molar-refractivity contribution in [3.8, 4) is 5.75 Å². The van der Waals surface area contributed by atoms with Gasteiger partial charge in [-0.25, -0.2) is 14.6 Å². The first-order chi connectivity index (χ1) is 17.0. The molecule has 0 aromatic heterocycles. The summed E-state index contributed by atoms with van der Waals surface area (Å²) < 4.78 is 19.4. The summed E-state index contributed by atoms with van der Waals surface area (Å²) in [6.45, 7) is 5.51. The van der Waals surface area contributed by atoms with E-state index in [4.69, 9.17) is 4.74 Å². The maximum atomic E-state index is 14.1. The van der Waals surface area contributed by atoms with Gasteiger partial charge in [0.15, 0.2) is 0 Å². The van der Waals surface area contributed by atoms with Crippen LogP contribution >= 0.6 is 0 Å². The van der Waals surface area contributed by atoms with Crippen molar-refractivity contribution in [1.29, 1.82) is 0 Å². The molecule has 0 saturated carbocycles. The molecular formula is C28H33FN4O2. The fourth-order valence-electron chi connectivity index (χ4n) is 4.35. The summed E-state index contributed by atoms with van der Waals surface area (Å²) in [7, 11) is 1.65. The number of methoxy groups -OCH3 is 1. The number of aryl methyl sites for hydroxylation is 2.